The molecule has 0 saturated carbocycles. The van der Waals surface area contributed by atoms with Gasteiger partial charge in [-0.1, -0.05) is 67.8 Å². The molecule has 1 unspecified atom stereocenters. The second-order valence-electron chi connectivity index (χ2n) is 8.24. The number of hydrogen-bond acceptors (Lipinski definition) is 4. The van der Waals surface area contributed by atoms with E-state index in [1.54, 1.807) is 0 Å². The van der Waals surface area contributed by atoms with Gasteiger partial charge in [0.2, 0.25) is 5.91 Å². The Morgan fingerprint density at radius 1 is 1.00 bits per heavy atom. The number of nitrogens with one attached hydrogen (secondary N) is 2. The molecule has 0 radical (unpaired) electrons. The minimum atomic E-state index is -1.22. The maximum atomic E-state index is 12.3. The summed E-state index contributed by atoms with van der Waals surface area (Å²) in [5.41, 5.74) is 4.73. The second kappa shape index (κ2) is 12.4. The van der Waals surface area contributed by atoms with Crippen LogP contribution in [0.1, 0.15) is 49.7 Å². The van der Waals surface area contributed by atoms with Crippen LogP contribution < -0.4 is 10.6 Å². The molecule has 0 aliphatic heterocycles. The molecule has 178 valence electrons. The van der Waals surface area contributed by atoms with E-state index in [4.69, 9.17) is 9.84 Å². The Morgan fingerprint density at radius 2 is 1.65 bits per heavy atom. The van der Waals surface area contributed by atoms with Gasteiger partial charge in [0.1, 0.15) is 6.61 Å². The number of ether oxygens (including phenoxy) is 1. The quantitative estimate of drug-likeness (QED) is 0.464. The van der Waals surface area contributed by atoms with E-state index in [-0.39, 0.29) is 30.9 Å². The lowest BCUT2D eigenvalue weighted by Crippen LogP contribution is -2.28. The molecule has 2 amide bonds. The van der Waals surface area contributed by atoms with Gasteiger partial charge < -0.3 is 20.5 Å². The van der Waals surface area contributed by atoms with Gasteiger partial charge >= 0.3 is 12.1 Å². The fourth-order valence-electron chi connectivity index (χ4n) is 4.27. The number of hydrogen-bond donors (Lipinski definition) is 3. The van der Waals surface area contributed by atoms with Gasteiger partial charge in [-0.15, -0.1) is 0 Å². The van der Waals surface area contributed by atoms with Gasteiger partial charge in [0.05, 0.1) is 6.54 Å². The summed E-state index contributed by atoms with van der Waals surface area (Å²) >= 11 is 0. The van der Waals surface area contributed by atoms with Crippen LogP contribution in [0.3, 0.4) is 0 Å². The summed E-state index contributed by atoms with van der Waals surface area (Å²) in [4.78, 5) is 34.5. The van der Waals surface area contributed by atoms with Crippen LogP contribution in [0.15, 0.2) is 48.5 Å². The fraction of sp³-hybridized carbons (Fsp3) is 0.370. The Bertz CT molecular complexity index is 1040. The molecular formula is C27H30N2O5. The third-order valence-corrected chi connectivity index (χ3v) is 6.09. The van der Waals surface area contributed by atoms with E-state index in [0.717, 1.165) is 12.8 Å². The molecule has 0 saturated heterocycles. The summed E-state index contributed by atoms with van der Waals surface area (Å²) < 4.78 is 5.56. The van der Waals surface area contributed by atoms with Gasteiger partial charge in [-0.25, -0.2) is 9.59 Å². The molecule has 0 heterocycles. The minimum Gasteiger partial charge on any atom is -0.472 e. The molecule has 0 aromatic heterocycles. The smallest absolute Gasteiger partial charge is 0.407 e. The SMILES string of the molecule is CCC(CCNC(=O)OCC1c2ccccc2-c2ccccc21)CCC(=O)NCC#CC(=O)O. The maximum Gasteiger partial charge on any atom is 0.407 e. The molecule has 2 aromatic rings. The molecule has 0 bridgehead atoms. The van der Waals surface area contributed by atoms with E-state index >= 15 is 0 Å². The molecule has 1 aliphatic rings. The van der Waals surface area contributed by atoms with Crippen molar-refractivity contribution >= 4 is 18.0 Å². The normalized spacial score (nSPS) is 12.5. The Morgan fingerprint density at radius 3 is 2.26 bits per heavy atom. The molecule has 0 fully saturated rings. The number of amides is 2. The molecule has 7 nitrogen and oxygen atoms in total. The fourth-order valence-corrected chi connectivity index (χ4v) is 4.27. The number of carboxylic acid groups (broad SMARTS) is 1. The van der Waals surface area contributed by atoms with Crippen LogP contribution in [-0.2, 0) is 14.3 Å². The number of carbonyl (C=O) groups excluding carboxylic acids is 2. The van der Waals surface area contributed by atoms with Crippen LogP contribution in [0, 0.1) is 17.8 Å². The van der Waals surface area contributed by atoms with Crippen molar-refractivity contribution in [1.29, 1.82) is 0 Å². The van der Waals surface area contributed by atoms with Crippen LogP contribution in [0.4, 0.5) is 4.79 Å². The molecule has 0 spiro atoms. The summed E-state index contributed by atoms with van der Waals surface area (Å²) in [6.45, 7) is 2.82. The van der Waals surface area contributed by atoms with Crippen molar-refractivity contribution in [2.45, 2.75) is 38.5 Å². The highest BCUT2D eigenvalue weighted by atomic mass is 16.5. The number of carboxylic acids is 1. The molecule has 3 rings (SSSR count). The van der Waals surface area contributed by atoms with Gasteiger partial charge in [0, 0.05) is 24.8 Å². The van der Waals surface area contributed by atoms with Crippen LogP contribution in [-0.4, -0.2) is 42.8 Å². The molecule has 2 aromatic carbocycles. The zero-order valence-electron chi connectivity index (χ0n) is 19.3. The lowest BCUT2D eigenvalue weighted by Gasteiger charge is -2.16. The number of aliphatic carboxylic acids is 1. The number of alkyl carbamates (subject to hydrolysis) is 1. The molecule has 3 N–H and O–H groups in total. The van der Waals surface area contributed by atoms with Crippen molar-refractivity contribution in [3.05, 3.63) is 59.7 Å². The monoisotopic (exact) mass is 462 g/mol. The summed E-state index contributed by atoms with van der Waals surface area (Å²) in [6, 6.07) is 16.4. The average molecular weight is 463 g/mol. The molecular weight excluding hydrogens is 432 g/mol. The Kier molecular flexibility index (Phi) is 9.10. The number of rotatable bonds is 10. The third-order valence-electron chi connectivity index (χ3n) is 6.09. The van der Waals surface area contributed by atoms with Crippen LogP contribution in [0.5, 0.6) is 0 Å². The zero-order valence-corrected chi connectivity index (χ0v) is 19.3. The van der Waals surface area contributed by atoms with Crippen LogP contribution >= 0.6 is 0 Å². The highest BCUT2D eigenvalue weighted by Crippen LogP contribution is 2.44. The van der Waals surface area contributed by atoms with E-state index in [2.05, 4.69) is 40.8 Å². The van der Waals surface area contributed by atoms with Gasteiger partial charge in [-0.2, -0.15) is 0 Å². The van der Waals surface area contributed by atoms with Crippen molar-refractivity contribution in [2.75, 3.05) is 19.7 Å². The average Bonchev–Trinajstić information content (AvgIpc) is 3.16. The first-order valence-electron chi connectivity index (χ1n) is 11.6. The molecule has 34 heavy (non-hydrogen) atoms. The highest BCUT2D eigenvalue weighted by molar-refractivity contribution is 5.86. The van der Waals surface area contributed by atoms with E-state index in [9.17, 15) is 14.4 Å². The first kappa shape index (κ1) is 24.8. The van der Waals surface area contributed by atoms with E-state index in [0.29, 0.717) is 19.4 Å². The van der Waals surface area contributed by atoms with Crippen molar-refractivity contribution in [1.82, 2.24) is 10.6 Å². The summed E-state index contributed by atoms with van der Waals surface area (Å²) in [5, 5.41) is 13.9. The third kappa shape index (κ3) is 6.85. The predicted octanol–water partition coefficient (Wildman–Crippen LogP) is 3.93. The van der Waals surface area contributed by atoms with Crippen molar-refractivity contribution < 1.29 is 24.2 Å². The molecule has 7 heteroatoms. The minimum absolute atomic E-state index is 0.0191. The number of carbonyl (C=O) groups is 3. The number of benzene rings is 2. The Labute approximate surface area is 199 Å². The zero-order chi connectivity index (χ0) is 24.3. The molecule has 1 atom stereocenters. The summed E-state index contributed by atoms with van der Waals surface area (Å²) in [6.07, 6.45) is 2.20. The largest absolute Gasteiger partial charge is 0.472 e. The first-order chi connectivity index (χ1) is 16.5. The predicted molar refractivity (Wildman–Crippen MR) is 129 cm³/mol. The van der Waals surface area contributed by atoms with Gasteiger partial charge in [-0.3, -0.25) is 4.79 Å². The summed E-state index contributed by atoms with van der Waals surface area (Å²) in [7, 11) is 0. The van der Waals surface area contributed by atoms with Crippen LogP contribution in [0.2, 0.25) is 0 Å². The Hall–Kier alpha value is -3.79. The van der Waals surface area contributed by atoms with Crippen molar-refractivity contribution in [3.8, 4) is 23.0 Å². The first-order valence-corrected chi connectivity index (χ1v) is 11.6. The number of fused-ring (bicyclic) bond motifs is 3. The second-order valence-corrected chi connectivity index (χ2v) is 8.24. The van der Waals surface area contributed by atoms with Gasteiger partial charge in [-0.05, 0) is 41.0 Å². The van der Waals surface area contributed by atoms with Crippen molar-refractivity contribution in [2.24, 2.45) is 5.92 Å². The van der Waals surface area contributed by atoms with E-state index < -0.39 is 12.1 Å². The molecule has 1 aliphatic carbocycles. The standard InChI is InChI=1S/C27H30N2O5/c1-2-19(13-14-25(30)28-16-7-12-26(31)32)15-17-29-27(33)34-18-24-22-10-5-3-8-20(22)21-9-4-6-11-23(21)24/h3-6,8-11,19,24H,2,13-18H2,1H3,(H,28,30)(H,29,33)(H,31,32). The van der Waals surface area contributed by atoms with Gasteiger partial charge in [0.15, 0.2) is 0 Å². The van der Waals surface area contributed by atoms with E-state index in [1.165, 1.54) is 22.3 Å². The topological polar surface area (TPSA) is 105 Å². The lowest BCUT2D eigenvalue weighted by atomic mass is 9.96. The van der Waals surface area contributed by atoms with E-state index in [1.807, 2.05) is 37.1 Å². The highest BCUT2D eigenvalue weighted by Gasteiger charge is 2.28. The van der Waals surface area contributed by atoms with Gasteiger partial charge in [0.25, 0.3) is 0 Å². The maximum absolute atomic E-state index is 12.3. The van der Waals surface area contributed by atoms with Crippen LogP contribution in [0.25, 0.3) is 11.1 Å². The lowest BCUT2D eigenvalue weighted by molar-refractivity contribution is -0.130. The Balaban J connectivity index is 1.38. The van der Waals surface area contributed by atoms with Crippen molar-refractivity contribution in [3.63, 3.8) is 0 Å². The summed E-state index contributed by atoms with van der Waals surface area (Å²) in [5.74, 6) is 3.25.